The molecule has 5 nitrogen and oxygen atoms in total. The van der Waals surface area contributed by atoms with E-state index in [1.807, 2.05) is 18.2 Å². The highest BCUT2D eigenvalue weighted by Gasteiger charge is 2.16. The number of fused-ring (bicyclic) bond motifs is 1. The van der Waals surface area contributed by atoms with Gasteiger partial charge in [0.1, 0.15) is 6.67 Å². The van der Waals surface area contributed by atoms with Crippen LogP contribution >= 0.6 is 0 Å². The monoisotopic (exact) mass is 277 g/mol. The van der Waals surface area contributed by atoms with E-state index < -0.39 is 10.0 Å². The van der Waals surface area contributed by atoms with Crippen molar-refractivity contribution in [3.8, 4) is 0 Å². The molecule has 0 saturated heterocycles. The maximum Gasteiger partial charge on any atom is 0.243 e. The van der Waals surface area contributed by atoms with E-state index in [0.717, 1.165) is 12.1 Å². The molecule has 0 spiro atoms. The zero-order valence-corrected chi connectivity index (χ0v) is 11.1. The van der Waals surface area contributed by atoms with Gasteiger partial charge in [-0.3, -0.25) is 4.79 Å². The Hall–Kier alpha value is -1.92. The maximum absolute atomic E-state index is 12.1. The third-order valence-corrected chi connectivity index (χ3v) is 3.89. The van der Waals surface area contributed by atoms with Crippen molar-refractivity contribution in [3.63, 3.8) is 0 Å². The minimum Gasteiger partial charge on any atom is -0.337 e. The number of carbonyl (C=O) groups is 1. The van der Waals surface area contributed by atoms with Gasteiger partial charge in [-0.25, -0.2) is 8.42 Å². The number of hydrogen-bond donors (Lipinski definition) is 2. The highest BCUT2D eigenvalue weighted by molar-refractivity contribution is 7.89. The summed E-state index contributed by atoms with van der Waals surface area (Å²) in [4.78, 5) is 10.9. The van der Waals surface area contributed by atoms with Gasteiger partial charge in [-0.05, 0) is 11.5 Å². The Labute approximate surface area is 111 Å². The second-order valence-corrected chi connectivity index (χ2v) is 5.63. The highest BCUT2D eigenvalue weighted by Crippen LogP contribution is 2.22. The van der Waals surface area contributed by atoms with Gasteiger partial charge in [-0.2, -0.15) is 4.72 Å². The molecule has 0 atom stereocenters. The summed E-state index contributed by atoms with van der Waals surface area (Å²) in [5.41, 5.74) is 0. The van der Waals surface area contributed by atoms with Crippen LogP contribution in [-0.4, -0.2) is 14.3 Å². The second-order valence-electron chi connectivity index (χ2n) is 3.94. The van der Waals surface area contributed by atoms with Crippen molar-refractivity contribution < 1.29 is 13.2 Å². The van der Waals surface area contributed by atoms with Crippen LogP contribution in [-0.2, 0) is 14.8 Å². The van der Waals surface area contributed by atoms with E-state index in [1.165, 1.54) is 13.0 Å². The Morgan fingerprint density at radius 2 is 1.79 bits per heavy atom. The molecule has 2 rings (SSSR count). The van der Waals surface area contributed by atoms with Crippen molar-refractivity contribution in [2.24, 2.45) is 0 Å². The zero-order chi connectivity index (χ0) is 13.9. The smallest absolute Gasteiger partial charge is 0.243 e. The fourth-order valence-electron chi connectivity index (χ4n) is 1.70. The lowest BCUT2D eigenvalue weighted by Crippen LogP contribution is -2.31. The van der Waals surface area contributed by atoms with Crippen molar-refractivity contribution in [1.82, 2.24) is 10.0 Å². The van der Waals surface area contributed by atoms with Crippen LogP contribution in [0.4, 0.5) is 0 Å². The van der Waals surface area contributed by atoms with E-state index >= 15 is 0 Å². The average molecular weight is 277 g/mol. The van der Waals surface area contributed by atoms with Crippen LogP contribution in [0.1, 0.15) is 6.92 Å². The molecule has 2 aromatic carbocycles. The van der Waals surface area contributed by atoms with Gasteiger partial charge >= 0.3 is 0 Å². The summed E-state index contributed by atoms with van der Waals surface area (Å²) in [5, 5.41) is 3.74. The highest BCUT2D eigenvalue weighted by atomic mass is 32.2. The predicted octanol–water partition coefficient (Wildman–Crippen LogP) is 1.37. The first-order chi connectivity index (χ1) is 9.00. The minimum atomic E-state index is -3.70. The van der Waals surface area contributed by atoms with Gasteiger partial charge in [0, 0.05) is 12.3 Å². The Bertz CT molecular complexity index is 705. The molecule has 2 N–H and O–H groups in total. The number of sulfonamides is 1. The molecule has 0 bridgehead atoms. The third kappa shape index (κ3) is 3.10. The Morgan fingerprint density at radius 3 is 2.53 bits per heavy atom. The fraction of sp³-hybridized carbons (Fsp3) is 0.0769. The summed E-state index contributed by atoms with van der Waals surface area (Å²) < 4.78 is 26.5. The lowest BCUT2D eigenvalue weighted by molar-refractivity contribution is -0.118. The molecule has 99 valence electrons. The van der Waals surface area contributed by atoms with Gasteiger partial charge in [-0.1, -0.05) is 36.4 Å². The van der Waals surface area contributed by atoms with E-state index in [0.29, 0.717) is 5.39 Å². The van der Waals surface area contributed by atoms with E-state index in [2.05, 4.69) is 10.0 Å². The summed E-state index contributed by atoms with van der Waals surface area (Å²) >= 11 is 0. The third-order valence-electron chi connectivity index (χ3n) is 2.53. The summed E-state index contributed by atoms with van der Waals surface area (Å²) in [5.74, 6) is -0.347. The molecule has 0 fully saturated rings. The molecule has 0 aromatic heterocycles. The number of nitrogens with one attached hydrogen (secondary N) is 2. The fourth-order valence-corrected chi connectivity index (χ4v) is 2.78. The molecule has 0 aliphatic rings. The molecule has 6 heteroatoms. The van der Waals surface area contributed by atoms with Crippen LogP contribution in [0.15, 0.2) is 47.4 Å². The lowest BCUT2D eigenvalue weighted by Gasteiger charge is -2.09. The number of rotatable bonds is 4. The van der Waals surface area contributed by atoms with Crippen molar-refractivity contribution in [1.29, 1.82) is 0 Å². The SMILES string of the molecule is CC(=O)N[CH]NS(=O)(=O)c1cccc2ccccc12. The Kier molecular flexibility index (Phi) is 3.82. The number of amides is 1. The maximum atomic E-state index is 12.1. The molecule has 0 saturated carbocycles. The standard InChI is InChI=1S/C13H13N2O3S/c1-10(16)14-9-15-19(17,18)13-8-4-6-11-5-2-3-7-12(11)13/h2-9,15H,1H3,(H,14,16). The Morgan fingerprint density at radius 1 is 1.11 bits per heavy atom. The molecule has 1 amide bonds. The number of carbonyl (C=O) groups excluding carboxylic acids is 1. The summed E-state index contributed by atoms with van der Waals surface area (Å²) in [6, 6.07) is 12.2. The Balaban J connectivity index is 2.35. The summed E-state index contributed by atoms with van der Waals surface area (Å²) in [6.07, 6.45) is 0. The summed E-state index contributed by atoms with van der Waals surface area (Å²) in [7, 11) is -3.70. The van der Waals surface area contributed by atoms with Crippen LogP contribution in [0.5, 0.6) is 0 Å². The second kappa shape index (κ2) is 5.38. The molecule has 19 heavy (non-hydrogen) atoms. The molecule has 1 radical (unpaired) electrons. The van der Waals surface area contributed by atoms with Crippen LogP contribution in [0.2, 0.25) is 0 Å². The number of hydrogen-bond acceptors (Lipinski definition) is 3. The van der Waals surface area contributed by atoms with Crippen LogP contribution in [0, 0.1) is 6.67 Å². The van der Waals surface area contributed by atoms with Gasteiger partial charge in [0.05, 0.1) is 4.90 Å². The van der Waals surface area contributed by atoms with Crippen molar-refractivity contribution in [2.45, 2.75) is 11.8 Å². The van der Waals surface area contributed by atoms with Crippen molar-refractivity contribution in [2.75, 3.05) is 0 Å². The molecule has 0 aliphatic heterocycles. The van der Waals surface area contributed by atoms with Crippen LogP contribution in [0.25, 0.3) is 10.8 Å². The van der Waals surface area contributed by atoms with Crippen molar-refractivity contribution in [3.05, 3.63) is 49.1 Å². The van der Waals surface area contributed by atoms with Crippen LogP contribution < -0.4 is 10.0 Å². The topological polar surface area (TPSA) is 75.3 Å². The van der Waals surface area contributed by atoms with Gasteiger partial charge in [0.15, 0.2) is 0 Å². The van der Waals surface area contributed by atoms with E-state index in [4.69, 9.17) is 0 Å². The molecule has 0 heterocycles. The average Bonchev–Trinajstić information content (AvgIpc) is 2.37. The zero-order valence-electron chi connectivity index (χ0n) is 10.3. The largest absolute Gasteiger partial charge is 0.337 e. The molecule has 0 unspecified atom stereocenters. The first-order valence-corrected chi connectivity index (χ1v) is 7.08. The van der Waals surface area contributed by atoms with Gasteiger partial charge < -0.3 is 5.32 Å². The lowest BCUT2D eigenvalue weighted by atomic mass is 10.1. The predicted molar refractivity (Wildman–Crippen MR) is 72.4 cm³/mol. The molecule has 0 aliphatic carbocycles. The van der Waals surface area contributed by atoms with E-state index in [-0.39, 0.29) is 10.8 Å². The van der Waals surface area contributed by atoms with E-state index in [9.17, 15) is 13.2 Å². The first kappa shape index (κ1) is 13.5. The normalized spacial score (nSPS) is 11.4. The van der Waals surface area contributed by atoms with E-state index in [1.54, 1.807) is 18.2 Å². The number of benzene rings is 2. The molecule has 2 aromatic rings. The van der Waals surface area contributed by atoms with Crippen LogP contribution in [0.3, 0.4) is 0 Å². The summed E-state index contributed by atoms with van der Waals surface area (Å²) in [6.45, 7) is 2.31. The van der Waals surface area contributed by atoms with Crippen molar-refractivity contribution >= 4 is 26.7 Å². The quantitative estimate of drug-likeness (QED) is 0.886. The van der Waals surface area contributed by atoms with Gasteiger partial charge in [0.2, 0.25) is 15.9 Å². The molecular formula is C13H13N2O3S. The minimum absolute atomic E-state index is 0.173. The first-order valence-electron chi connectivity index (χ1n) is 5.59. The van der Waals surface area contributed by atoms with Gasteiger partial charge in [0.25, 0.3) is 0 Å². The molecular weight excluding hydrogens is 264 g/mol. The van der Waals surface area contributed by atoms with Gasteiger partial charge in [-0.15, -0.1) is 0 Å².